The quantitative estimate of drug-likeness (QED) is 0.0722. The Morgan fingerprint density at radius 1 is 0.735 bits per heavy atom. The van der Waals surface area contributed by atoms with Crippen molar-refractivity contribution in [3.05, 3.63) is 12.2 Å². The monoisotopic (exact) mass is 528 g/mol. The maximum atomic E-state index is 10.3. The standard InChI is InChI=1S/C18H34O2.C4H6O7S.2Na.2H/c1-2-3-4-5-6-7-8-9-10-11-12-13-14-15-16-17-18(19)20;5-3(6)1-2(4(7)8)12(9,10)11;;;;/h9-10H,2-8,11-17H2,1H3,(H,19,20);2H,1H2,(H,5,6)(H,7,8)(H,9,10,11);;;;/q;;2*+1;2*-1. The van der Waals surface area contributed by atoms with E-state index in [0.717, 1.165) is 12.8 Å². The van der Waals surface area contributed by atoms with Gasteiger partial charge in [-0.25, -0.2) is 0 Å². The first-order valence-electron chi connectivity index (χ1n) is 11.3. The molecule has 0 bridgehead atoms. The summed E-state index contributed by atoms with van der Waals surface area (Å²) in [5.41, 5.74) is 0. The summed E-state index contributed by atoms with van der Waals surface area (Å²) in [4.78, 5) is 30.3. The van der Waals surface area contributed by atoms with Crippen LogP contribution in [0.5, 0.6) is 0 Å². The second-order valence-electron chi connectivity index (χ2n) is 7.67. The fraction of sp³-hybridized carbons (Fsp3) is 0.773. The molecule has 0 amide bonds. The Labute approximate surface area is 251 Å². The Morgan fingerprint density at radius 3 is 1.47 bits per heavy atom. The van der Waals surface area contributed by atoms with Crippen molar-refractivity contribution in [2.75, 3.05) is 0 Å². The molecular formula is C22H42Na2O9S. The second kappa shape index (κ2) is 27.6. The van der Waals surface area contributed by atoms with Crippen LogP contribution in [-0.2, 0) is 24.5 Å². The van der Waals surface area contributed by atoms with E-state index in [4.69, 9.17) is 19.9 Å². The largest absolute Gasteiger partial charge is 1.00 e. The van der Waals surface area contributed by atoms with Gasteiger partial charge >= 0.3 is 77.0 Å². The Hall–Kier alpha value is 0.0600. The molecule has 0 aromatic rings. The molecule has 1 unspecified atom stereocenters. The number of carboxylic acids is 3. The minimum atomic E-state index is -4.84. The molecule has 0 fully saturated rings. The van der Waals surface area contributed by atoms with Gasteiger partial charge < -0.3 is 18.2 Å². The van der Waals surface area contributed by atoms with Gasteiger partial charge in [-0.15, -0.1) is 0 Å². The summed E-state index contributed by atoms with van der Waals surface area (Å²) < 4.78 is 28.7. The van der Waals surface area contributed by atoms with E-state index in [1.165, 1.54) is 70.6 Å². The van der Waals surface area contributed by atoms with E-state index < -0.39 is 39.7 Å². The summed E-state index contributed by atoms with van der Waals surface area (Å²) in [6, 6.07) is 0. The maximum Gasteiger partial charge on any atom is 1.00 e. The SMILES string of the molecule is CCCCCCCCC=CCCCCCCCC(=O)O.O=C(O)CC(C(=O)O)S(=O)(=O)O.[H-].[H-].[Na+].[Na+]. The van der Waals surface area contributed by atoms with Crippen molar-refractivity contribution in [2.24, 2.45) is 0 Å². The fourth-order valence-electron chi connectivity index (χ4n) is 2.83. The van der Waals surface area contributed by atoms with Crippen molar-refractivity contribution in [3.63, 3.8) is 0 Å². The van der Waals surface area contributed by atoms with E-state index in [-0.39, 0.29) is 62.0 Å². The van der Waals surface area contributed by atoms with Crippen LogP contribution in [0, 0.1) is 0 Å². The first-order chi connectivity index (χ1) is 15.0. The van der Waals surface area contributed by atoms with Crippen LogP contribution in [0.4, 0.5) is 0 Å². The predicted molar refractivity (Wildman–Crippen MR) is 125 cm³/mol. The van der Waals surface area contributed by atoms with Gasteiger partial charge in [0.25, 0.3) is 10.1 Å². The summed E-state index contributed by atoms with van der Waals surface area (Å²) in [7, 11) is -4.84. The average Bonchev–Trinajstić information content (AvgIpc) is 2.68. The number of carbonyl (C=O) groups is 3. The van der Waals surface area contributed by atoms with Crippen LogP contribution in [0.3, 0.4) is 0 Å². The van der Waals surface area contributed by atoms with Crippen molar-refractivity contribution in [3.8, 4) is 0 Å². The van der Waals surface area contributed by atoms with Gasteiger partial charge in [-0.1, -0.05) is 70.4 Å². The molecule has 34 heavy (non-hydrogen) atoms. The molecule has 9 nitrogen and oxygen atoms in total. The van der Waals surface area contributed by atoms with E-state index in [1.54, 1.807) is 0 Å². The minimum Gasteiger partial charge on any atom is -1.00 e. The average molecular weight is 529 g/mol. The molecule has 0 saturated heterocycles. The topological polar surface area (TPSA) is 166 Å². The molecule has 0 aromatic carbocycles. The molecule has 0 aliphatic rings. The van der Waals surface area contributed by atoms with Crippen LogP contribution in [0.2, 0.25) is 0 Å². The van der Waals surface area contributed by atoms with Gasteiger partial charge in [-0.05, 0) is 32.1 Å². The van der Waals surface area contributed by atoms with Crippen molar-refractivity contribution >= 4 is 28.0 Å². The zero-order valence-corrected chi connectivity index (χ0v) is 25.9. The van der Waals surface area contributed by atoms with Crippen LogP contribution in [0.25, 0.3) is 0 Å². The van der Waals surface area contributed by atoms with Crippen molar-refractivity contribution in [1.82, 2.24) is 0 Å². The zero-order valence-electron chi connectivity index (χ0n) is 23.1. The number of allylic oxidation sites excluding steroid dienone is 2. The third kappa shape index (κ3) is 32.1. The second-order valence-corrected chi connectivity index (χ2v) is 9.27. The molecule has 0 saturated carbocycles. The van der Waals surface area contributed by atoms with Crippen molar-refractivity contribution < 1.29 is 105 Å². The van der Waals surface area contributed by atoms with Crippen LogP contribution in [0.1, 0.15) is 106 Å². The van der Waals surface area contributed by atoms with Gasteiger partial charge in [0, 0.05) is 6.42 Å². The fourth-order valence-corrected chi connectivity index (χ4v) is 3.43. The molecule has 1 atom stereocenters. The van der Waals surface area contributed by atoms with E-state index in [0.29, 0.717) is 6.42 Å². The molecule has 12 heteroatoms. The van der Waals surface area contributed by atoms with Crippen LogP contribution >= 0.6 is 0 Å². The number of hydrogen-bond acceptors (Lipinski definition) is 5. The first kappa shape index (κ1) is 41.2. The maximum absolute atomic E-state index is 10.3. The molecule has 192 valence electrons. The third-order valence-corrected chi connectivity index (χ3v) is 5.73. The smallest absolute Gasteiger partial charge is 1.00 e. The zero-order chi connectivity index (χ0) is 24.8. The number of carboxylic acid groups (broad SMARTS) is 3. The number of hydrogen-bond donors (Lipinski definition) is 4. The Balaban J connectivity index is -0.000000123. The molecule has 4 N–H and O–H groups in total. The van der Waals surface area contributed by atoms with Gasteiger partial charge in [0.1, 0.15) is 0 Å². The van der Waals surface area contributed by atoms with Crippen LogP contribution in [-0.4, -0.2) is 51.4 Å². The van der Waals surface area contributed by atoms with Gasteiger partial charge in [-0.2, -0.15) is 8.42 Å². The normalized spacial score (nSPS) is 11.5. The van der Waals surface area contributed by atoms with Crippen LogP contribution < -0.4 is 59.1 Å². The Morgan fingerprint density at radius 2 is 1.15 bits per heavy atom. The number of aliphatic carboxylic acids is 3. The molecule has 0 spiro atoms. The molecule has 0 aliphatic heterocycles. The molecular weight excluding hydrogens is 486 g/mol. The molecule has 0 rings (SSSR count). The summed E-state index contributed by atoms with van der Waals surface area (Å²) in [6.07, 6.45) is 20.1. The predicted octanol–water partition coefficient (Wildman–Crippen LogP) is -0.856. The van der Waals surface area contributed by atoms with Gasteiger partial charge in [0.15, 0.2) is 5.25 Å². The molecule has 0 aromatic heterocycles. The first-order valence-corrected chi connectivity index (χ1v) is 12.8. The Kier molecular flexibility index (Phi) is 33.5. The third-order valence-electron chi connectivity index (χ3n) is 4.65. The van der Waals surface area contributed by atoms with Crippen molar-refractivity contribution in [1.29, 1.82) is 0 Å². The number of rotatable bonds is 19. The summed E-state index contributed by atoms with van der Waals surface area (Å²) in [5.74, 6) is -4.16. The van der Waals surface area contributed by atoms with E-state index >= 15 is 0 Å². The van der Waals surface area contributed by atoms with Gasteiger partial charge in [-0.3, -0.25) is 18.9 Å². The van der Waals surface area contributed by atoms with Crippen LogP contribution in [0.15, 0.2) is 12.2 Å². The van der Waals surface area contributed by atoms with Crippen molar-refractivity contribution in [2.45, 2.75) is 108 Å². The minimum absolute atomic E-state index is 0. The summed E-state index contributed by atoms with van der Waals surface area (Å²) >= 11 is 0. The van der Waals surface area contributed by atoms with E-state index in [1.807, 2.05) is 0 Å². The molecule has 0 radical (unpaired) electrons. The summed E-state index contributed by atoms with van der Waals surface area (Å²) in [5, 5.41) is 22.4. The molecule has 0 aliphatic carbocycles. The Bertz CT molecular complexity index is 664. The van der Waals surface area contributed by atoms with E-state index in [9.17, 15) is 22.8 Å². The van der Waals surface area contributed by atoms with Gasteiger partial charge in [0.2, 0.25) is 0 Å². The number of unbranched alkanes of at least 4 members (excludes halogenated alkanes) is 11. The van der Waals surface area contributed by atoms with E-state index in [2.05, 4.69) is 19.1 Å². The summed E-state index contributed by atoms with van der Waals surface area (Å²) in [6.45, 7) is 2.26. The van der Waals surface area contributed by atoms with Gasteiger partial charge in [0.05, 0.1) is 6.42 Å². The molecule has 0 heterocycles.